The molecule has 0 saturated carbocycles. The van der Waals surface area contributed by atoms with E-state index in [1.165, 1.54) is 17.9 Å². The average molecular weight is 286 g/mol. The smallest absolute Gasteiger partial charge is 0.407 e. The van der Waals surface area contributed by atoms with Gasteiger partial charge >= 0.3 is 6.09 Å². The molecular weight excluding hydrogens is 260 g/mol. The van der Waals surface area contributed by atoms with Gasteiger partial charge in [-0.3, -0.25) is 0 Å². The van der Waals surface area contributed by atoms with Gasteiger partial charge in [-0.1, -0.05) is 12.2 Å². The van der Waals surface area contributed by atoms with Crippen LogP contribution in [0.25, 0.3) is 0 Å². The van der Waals surface area contributed by atoms with E-state index in [0.29, 0.717) is 6.54 Å². The third kappa shape index (κ3) is 8.94. The molecule has 1 saturated heterocycles. The number of carbonyl (C=O) groups excluding carboxylic acids is 1. The van der Waals surface area contributed by atoms with E-state index in [1.54, 1.807) is 0 Å². The van der Waals surface area contributed by atoms with Gasteiger partial charge in [-0.05, 0) is 51.2 Å². The highest BCUT2D eigenvalue weighted by Crippen LogP contribution is 2.22. The topological polar surface area (TPSA) is 50.4 Å². The van der Waals surface area contributed by atoms with Gasteiger partial charge in [0, 0.05) is 13.1 Å². The van der Waals surface area contributed by atoms with Gasteiger partial charge in [-0.15, -0.1) is 0 Å². The molecule has 1 amide bonds. The molecule has 0 aromatic carbocycles. The molecule has 110 valence electrons. The van der Waals surface area contributed by atoms with Crippen molar-refractivity contribution in [2.45, 2.75) is 32.8 Å². The molecule has 2 N–H and O–H groups in total. The lowest BCUT2D eigenvalue weighted by Crippen LogP contribution is -2.32. The zero-order valence-electron chi connectivity index (χ0n) is 12.2. The monoisotopic (exact) mass is 286 g/mol. The summed E-state index contributed by atoms with van der Waals surface area (Å²) >= 11 is 2.04. The molecule has 0 aliphatic carbocycles. The second-order valence-corrected chi connectivity index (χ2v) is 6.89. The van der Waals surface area contributed by atoms with Crippen molar-refractivity contribution in [3.05, 3.63) is 12.2 Å². The fourth-order valence-corrected chi connectivity index (χ4v) is 3.02. The zero-order valence-corrected chi connectivity index (χ0v) is 13.0. The van der Waals surface area contributed by atoms with E-state index in [9.17, 15) is 4.79 Å². The molecule has 1 atom stereocenters. The fourth-order valence-electron chi connectivity index (χ4n) is 1.74. The van der Waals surface area contributed by atoms with E-state index in [4.69, 9.17) is 4.74 Å². The number of alkyl carbamates (subject to hydrolysis) is 1. The van der Waals surface area contributed by atoms with Gasteiger partial charge in [0.1, 0.15) is 5.60 Å². The van der Waals surface area contributed by atoms with Crippen LogP contribution >= 0.6 is 11.8 Å². The molecule has 0 bridgehead atoms. The third-order valence-electron chi connectivity index (χ3n) is 2.65. The minimum absolute atomic E-state index is 0.368. The van der Waals surface area contributed by atoms with Crippen LogP contribution in [-0.2, 0) is 4.74 Å². The standard InChI is InChI=1S/C14H26N2O2S/c1-14(2,3)18-13(17)16-8-5-4-7-15-10-12-6-9-19-11-12/h4-5,12,15H,6-11H2,1-3H3,(H,16,17)/b5-4+. The van der Waals surface area contributed by atoms with E-state index in [1.807, 2.05) is 44.7 Å². The maximum Gasteiger partial charge on any atom is 0.407 e. The van der Waals surface area contributed by atoms with Crippen LogP contribution in [0.5, 0.6) is 0 Å². The van der Waals surface area contributed by atoms with Crippen LogP contribution in [0.2, 0.25) is 0 Å². The largest absolute Gasteiger partial charge is 0.444 e. The summed E-state index contributed by atoms with van der Waals surface area (Å²) in [6.45, 7) is 8.03. The van der Waals surface area contributed by atoms with Gasteiger partial charge in [-0.2, -0.15) is 11.8 Å². The summed E-state index contributed by atoms with van der Waals surface area (Å²) in [4.78, 5) is 11.3. The Kier molecular flexibility index (Phi) is 7.31. The molecule has 5 heteroatoms. The van der Waals surface area contributed by atoms with Crippen LogP contribution in [0.15, 0.2) is 12.2 Å². The van der Waals surface area contributed by atoms with Crippen molar-refractivity contribution < 1.29 is 9.53 Å². The van der Waals surface area contributed by atoms with E-state index >= 15 is 0 Å². The quantitative estimate of drug-likeness (QED) is 0.581. The lowest BCUT2D eigenvalue weighted by Gasteiger charge is -2.19. The molecule has 0 spiro atoms. The Hall–Kier alpha value is -0.680. The van der Waals surface area contributed by atoms with Gasteiger partial charge in [-0.25, -0.2) is 4.79 Å². The number of rotatable bonds is 6. The first-order chi connectivity index (χ1) is 8.97. The Morgan fingerprint density at radius 2 is 2.11 bits per heavy atom. The van der Waals surface area contributed by atoms with Crippen molar-refractivity contribution in [1.82, 2.24) is 10.6 Å². The van der Waals surface area contributed by atoms with Crippen LogP contribution in [0.1, 0.15) is 27.2 Å². The predicted octanol–water partition coefficient (Wildman–Crippen LogP) is 2.41. The van der Waals surface area contributed by atoms with Crippen LogP contribution < -0.4 is 10.6 Å². The van der Waals surface area contributed by atoms with Gasteiger partial charge in [0.25, 0.3) is 0 Å². The molecule has 4 nitrogen and oxygen atoms in total. The predicted molar refractivity (Wildman–Crippen MR) is 81.7 cm³/mol. The van der Waals surface area contributed by atoms with E-state index in [2.05, 4.69) is 10.6 Å². The Bertz CT molecular complexity index is 294. The first-order valence-corrected chi connectivity index (χ1v) is 8.03. The molecule has 1 rings (SSSR count). The molecule has 0 aromatic heterocycles. The van der Waals surface area contributed by atoms with Gasteiger partial charge in [0.2, 0.25) is 0 Å². The summed E-state index contributed by atoms with van der Waals surface area (Å²) < 4.78 is 5.13. The van der Waals surface area contributed by atoms with E-state index in [0.717, 1.165) is 19.0 Å². The highest BCUT2D eigenvalue weighted by molar-refractivity contribution is 7.99. The lowest BCUT2D eigenvalue weighted by molar-refractivity contribution is 0.0534. The summed E-state index contributed by atoms with van der Waals surface area (Å²) in [6, 6.07) is 0. The normalized spacial score (nSPS) is 19.8. The number of hydrogen-bond donors (Lipinski definition) is 2. The summed E-state index contributed by atoms with van der Waals surface area (Å²) in [5.41, 5.74) is -0.436. The summed E-state index contributed by atoms with van der Waals surface area (Å²) in [7, 11) is 0. The highest BCUT2D eigenvalue weighted by Gasteiger charge is 2.15. The number of thioether (sulfide) groups is 1. The maximum absolute atomic E-state index is 11.3. The molecule has 1 heterocycles. The zero-order chi connectivity index (χ0) is 14.1. The molecular formula is C14H26N2O2S. The van der Waals surface area contributed by atoms with E-state index in [-0.39, 0.29) is 6.09 Å². The van der Waals surface area contributed by atoms with Crippen molar-refractivity contribution >= 4 is 17.9 Å². The van der Waals surface area contributed by atoms with Crippen LogP contribution in [0.3, 0.4) is 0 Å². The Morgan fingerprint density at radius 3 is 2.74 bits per heavy atom. The summed E-state index contributed by atoms with van der Waals surface area (Å²) in [6.07, 6.45) is 4.95. The summed E-state index contributed by atoms with van der Waals surface area (Å²) in [5.74, 6) is 3.43. The first kappa shape index (κ1) is 16.4. The minimum Gasteiger partial charge on any atom is -0.444 e. The molecule has 1 unspecified atom stereocenters. The second-order valence-electron chi connectivity index (χ2n) is 5.74. The Labute approximate surface area is 120 Å². The third-order valence-corrected chi connectivity index (χ3v) is 3.88. The number of nitrogens with one attached hydrogen (secondary N) is 2. The fraction of sp³-hybridized carbons (Fsp3) is 0.786. The summed E-state index contributed by atoms with van der Waals surface area (Å²) in [5, 5.41) is 6.10. The molecule has 19 heavy (non-hydrogen) atoms. The molecule has 1 aliphatic rings. The van der Waals surface area contributed by atoms with Crippen LogP contribution in [0.4, 0.5) is 4.79 Å². The molecule has 0 radical (unpaired) electrons. The average Bonchev–Trinajstić information content (AvgIpc) is 2.78. The van der Waals surface area contributed by atoms with Crippen molar-refractivity contribution in [3.8, 4) is 0 Å². The van der Waals surface area contributed by atoms with Gasteiger partial charge < -0.3 is 15.4 Å². The minimum atomic E-state index is -0.436. The van der Waals surface area contributed by atoms with Crippen molar-refractivity contribution in [2.24, 2.45) is 5.92 Å². The molecule has 1 aliphatic heterocycles. The van der Waals surface area contributed by atoms with Crippen molar-refractivity contribution in [1.29, 1.82) is 0 Å². The van der Waals surface area contributed by atoms with Crippen molar-refractivity contribution in [3.63, 3.8) is 0 Å². The number of carbonyl (C=O) groups is 1. The van der Waals surface area contributed by atoms with Gasteiger partial charge in [0.05, 0.1) is 0 Å². The Balaban J connectivity index is 1.96. The van der Waals surface area contributed by atoms with Crippen molar-refractivity contribution in [2.75, 3.05) is 31.1 Å². The molecule has 0 aromatic rings. The van der Waals surface area contributed by atoms with Crippen LogP contribution in [0, 0.1) is 5.92 Å². The van der Waals surface area contributed by atoms with Crippen LogP contribution in [-0.4, -0.2) is 42.8 Å². The SMILES string of the molecule is CC(C)(C)OC(=O)NC/C=C/CNCC1CCSC1. The lowest BCUT2D eigenvalue weighted by atomic mass is 10.1. The first-order valence-electron chi connectivity index (χ1n) is 6.87. The Morgan fingerprint density at radius 1 is 1.37 bits per heavy atom. The highest BCUT2D eigenvalue weighted by atomic mass is 32.2. The number of ether oxygens (including phenoxy) is 1. The molecule has 1 fully saturated rings. The number of hydrogen-bond acceptors (Lipinski definition) is 4. The maximum atomic E-state index is 11.3. The number of amides is 1. The van der Waals surface area contributed by atoms with E-state index < -0.39 is 5.60 Å². The second kappa shape index (κ2) is 8.48. The van der Waals surface area contributed by atoms with Gasteiger partial charge in [0.15, 0.2) is 0 Å².